The molecule has 0 aliphatic carbocycles. The van der Waals surface area contributed by atoms with Crippen molar-refractivity contribution in [2.24, 2.45) is 11.8 Å². The van der Waals surface area contributed by atoms with Crippen molar-refractivity contribution in [3.8, 4) is 0 Å². The third-order valence-corrected chi connectivity index (χ3v) is 6.14. The van der Waals surface area contributed by atoms with Gasteiger partial charge in [0.15, 0.2) is 0 Å². The van der Waals surface area contributed by atoms with Crippen LogP contribution in [0.15, 0.2) is 17.5 Å². The summed E-state index contributed by atoms with van der Waals surface area (Å²) in [6.07, 6.45) is 2.42. The normalized spacial score (nSPS) is 21.1. The van der Waals surface area contributed by atoms with E-state index >= 15 is 0 Å². The molecule has 1 amide bonds. The first-order chi connectivity index (χ1) is 10.8. The highest BCUT2D eigenvalue weighted by Crippen LogP contribution is 2.29. The number of nitrogens with one attached hydrogen (secondary N) is 1. The van der Waals surface area contributed by atoms with Crippen LogP contribution >= 0.6 is 11.3 Å². The number of thiophene rings is 1. The predicted molar refractivity (Wildman–Crippen MR) is 95.5 cm³/mol. The van der Waals surface area contributed by atoms with E-state index in [-0.39, 0.29) is 17.9 Å². The van der Waals surface area contributed by atoms with E-state index in [2.05, 4.69) is 34.7 Å². The third-order valence-electron chi connectivity index (χ3n) is 5.17. The number of rotatable bonds is 6. The van der Waals surface area contributed by atoms with Crippen molar-refractivity contribution in [1.29, 1.82) is 0 Å². The number of likely N-dealkylation sites (tertiary alicyclic amines) is 1. The predicted octanol–water partition coefficient (Wildman–Crippen LogP) is 3.04. The van der Waals surface area contributed by atoms with Crippen LogP contribution in [-0.4, -0.2) is 41.1 Å². The Balaban J connectivity index is 2.03. The van der Waals surface area contributed by atoms with Gasteiger partial charge in [-0.15, -0.1) is 11.3 Å². The SMILES string of the molecule is CC1CCN([C@@H](CNC(=O)[C@](C)(O)C(C)C)c2cccs2)CC1. The first kappa shape index (κ1) is 18.4. The van der Waals surface area contributed by atoms with Crippen LogP contribution in [0.25, 0.3) is 0 Å². The van der Waals surface area contributed by atoms with Gasteiger partial charge in [0.2, 0.25) is 0 Å². The molecule has 5 heteroatoms. The van der Waals surface area contributed by atoms with Crippen LogP contribution in [-0.2, 0) is 4.79 Å². The number of hydrogen-bond acceptors (Lipinski definition) is 4. The summed E-state index contributed by atoms with van der Waals surface area (Å²) in [5.74, 6) is 0.393. The molecule has 2 atom stereocenters. The fourth-order valence-electron chi connectivity index (χ4n) is 2.86. The molecule has 1 aromatic heterocycles. The van der Waals surface area contributed by atoms with Gasteiger partial charge in [0.1, 0.15) is 5.60 Å². The Hall–Kier alpha value is -0.910. The maximum atomic E-state index is 12.3. The number of aliphatic hydroxyl groups is 1. The third kappa shape index (κ3) is 4.55. The van der Waals surface area contributed by atoms with Crippen molar-refractivity contribution in [2.75, 3.05) is 19.6 Å². The lowest BCUT2D eigenvalue weighted by atomic mass is 9.91. The molecule has 2 N–H and O–H groups in total. The van der Waals surface area contributed by atoms with E-state index in [0.29, 0.717) is 6.54 Å². The summed E-state index contributed by atoms with van der Waals surface area (Å²) in [5.41, 5.74) is -1.32. The van der Waals surface area contributed by atoms with Crippen LogP contribution < -0.4 is 5.32 Å². The summed E-state index contributed by atoms with van der Waals surface area (Å²) in [5, 5.41) is 15.4. The van der Waals surface area contributed by atoms with Gasteiger partial charge in [-0.05, 0) is 56.1 Å². The summed E-state index contributed by atoms with van der Waals surface area (Å²) in [6, 6.07) is 4.40. The second-order valence-corrected chi connectivity index (χ2v) is 8.24. The van der Waals surface area contributed by atoms with Crippen molar-refractivity contribution in [3.63, 3.8) is 0 Å². The molecule has 0 bridgehead atoms. The Kier molecular flexibility index (Phi) is 6.23. The average molecular weight is 339 g/mol. The molecule has 0 unspecified atom stereocenters. The second-order valence-electron chi connectivity index (χ2n) is 7.26. The van der Waals surface area contributed by atoms with Gasteiger partial charge >= 0.3 is 0 Å². The Labute approximate surface area is 143 Å². The van der Waals surface area contributed by atoms with Crippen LogP contribution in [0.4, 0.5) is 0 Å². The van der Waals surface area contributed by atoms with Crippen LogP contribution in [0.5, 0.6) is 0 Å². The zero-order valence-electron chi connectivity index (χ0n) is 14.7. The number of hydrogen-bond donors (Lipinski definition) is 2. The minimum absolute atomic E-state index is 0.112. The van der Waals surface area contributed by atoms with Gasteiger partial charge in [0.25, 0.3) is 5.91 Å². The molecule has 1 aromatic rings. The number of carbonyl (C=O) groups excluding carboxylic acids is 1. The monoisotopic (exact) mass is 338 g/mol. The molecule has 0 radical (unpaired) electrons. The van der Waals surface area contributed by atoms with Crippen molar-refractivity contribution in [3.05, 3.63) is 22.4 Å². The Morgan fingerprint density at radius 1 is 1.48 bits per heavy atom. The lowest BCUT2D eigenvalue weighted by molar-refractivity contribution is -0.142. The topological polar surface area (TPSA) is 52.6 Å². The highest BCUT2D eigenvalue weighted by molar-refractivity contribution is 7.10. The lowest BCUT2D eigenvalue weighted by Gasteiger charge is -2.37. The molecule has 0 saturated carbocycles. The molecule has 0 aromatic carbocycles. The van der Waals surface area contributed by atoms with Crippen molar-refractivity contribution < 1.29 is 9.90 Å². The quantitative estimate of drug-likeness (QED) is 0.838. The van der Waals surface area contributed by atoms with E-state index in [4.69, 9.17) is 0 Å². The van der Waals surface area contributed by atoms with Crippen molar-refractivity contribution >= 4 is 17.2 Å². The summed E-state index contributed by atoms with van der Waals surface area (Å²) >= 11 is 1.74. The number of nitrogens with zero attached hydrogens (tertiary/aromatic N) is 1. The van der Waals surface area contributed by atoms with E-state index in [1.54, 1.807) is 18.3 Å². The van der Waals surface area contributed by atoms with Gasteiger partial charge < -0.3 is 10.4 Å². The highest BCUT2D eigenvalue weighted by atomic mass is 32.1. The summed E-state index contributed by atoms with van der Waals surface area (Å²) in [7, 11) is 0. The van der Waals surface area contributed by atoms with E-state index in [1.165, 1.54) is 17.7 Å². The molecule has 1 aliphatic heterocycles. The number of carbonyl (C=O) groups is 1. The molecule has 1 saturated heterocycles. The minimum atomic E-state index is -1.32. The van der Waals surface area contributed by atoms with Gasteiger partial charge in [-0.2, -0.15) is 0 Å². The van der Waals surface area contributed by atoms with Gasteiger partial charge in [-0.3, -0.25) is 9.69 Å². The Morgan fingerprint density at radius 3 is 2.65 bits per heavy atom. The van der Waals surface area contributed by atoms with Crippen molar-refractivity contribution in [2.45, 2.75) is 52.2 Å². The van der Waals surface area contributed by atoms with E-state index in [9.17, 15) is 9.90 Å². The Bertz CT molecular complexity index is 491. The molecule has 1 fully saturated rings. The fourth-order valence-corrected chi connectivity index (χ4v) is 3.72. The summed E-state index contributed by atoms with van der Waals surface area (Å²) < 4.78 is 0. The standard InChI is InChI=1S/C18H30N2O2S/c1-13(2)18(4,22)17(21)19-12-15(16-6-5-11-23-16)20-9-7-14(3)8-10-20/h5-6,11,13-15,22H,7-10,12H2,1-4H3,(H,19,21)/t15-,18+/m0/s1. The first-order valence-electron chi connectivity index (χ1n) is 8.60. The fraction of sp³-hybridized carbons (Fsp3) is 0.722. The average Bonchev–Trinajstić information content (AvgIpc) is 3.03. The van der Waals surface area contributed by atoms with Gasteiger partial charge in [0.05, 0.1) is 6.04 Å². The molecule has 2 heterocycles. The number of piperidine rings is 1. The molecule has 130 valence electrons. The zero-order valence-corrected chi connectivity index (χ0v) is 15.5. The van der Waals surface area contributed by atoms with E-state index in [1.807, 2.05) is 13.8 Å². The molecular formula is C18H30N2O2S. The summed E-state index contributed by atoms with van der Waals surface area (Å²) in [6.45, 7) is 10.3. The minimum Gasteiger partial charge on any atom is -0.380 e. The first-order valence-corrected chi connectivity index (χ1v) is 9.48. The van der Waals surface area contributed by atoms with Gasteiger partial charge in [-0.25, -0.2) is 0 Å². The molecule has 2 rings (SSSR count). The Morgan fingerprint density at radius 2 is 2.13 bits per heavy atom. The lowest BCUT2D eigenvalue weighted by Crippen LogP contribution is -2.50. The van der Waals surface area contributed by atoms with E-state index in [0.717, 1.165) is 19.0 Å². The zero-order chi connectivity index (χ0) is 17.0. The molecular weight excluding hydrogens is 308 g/mol. The second kappa shape index (κ2) is 7.77. The smallest absolute Gasteiger partial charge is 0.252 e. The van der Waals surface area contributed by atoms with Crippen LogP contribution in [0.1, 0.15) is 51.5 Å². The van der Waals surface area contributed by atoms with Crippen LogP contribution in [0.2, 0.25) is 0 Å². The maximum absolute atomic E-state index is 12.3. The molecule has 1 aliphatic rings. The largest absolute Gasteiger partial charge is 0.380 e. The highest BCUT2D eigenvalue weighted by Gasteiger charge is 2.34. The molecule has 0 spiro atoms. The summed E-state index contributed by atoms with van der Waals surface area (Å²) in [4.78, 5) is 16.1. The maximum Gasteiger partial charge on any atom is 0.252 e. The van der Waals surface area contributed by atoms with Gasteiger partial charge in [0, 0.05) is 11.4 Å². The van der Waals surface area contributed by atoms with Gasteiger partial charge in [-0.1, -0.05) is 26.8 Å². The number of amides is 1. The van der Waals surface area contributed by atoms with E-state index < -0.39 is 5.60 Å². The van der Waals surface area contributed by atoms with Crippen LogP contribution in [0.3, 0.4) is 0 Å². The molecule has 4 nitrogen and oxygen atoms in total. The molecule has 23 heavy (non-hydrogen) atoms. The van der Waals surface area contributed by atoms with Crippen molar-refractivity contribution in [1.82, 2.24) is 10.2 Å². The van der Waals surface area contributed by atoms with Crippen LogP contribution in [0, 0.1) is 11.8 Å².